The van der Waals surface area contributed by atoms with Gasteiger partial charge in [0.05, 0.1) is 6.21 Å². The van der Waals surface area contributed by atoms with Gasteiger partial charge in [0.15, 0.2) is 0 Å². The van der Waals surface area contributed by atoms with Crippen LogP contribution in [0.25, 0.3) is 11.1 Å². The second-order valence-corrected chi connectivity index (χ2v) is 9.21. The summed E-state index contributed by atoms with van der Waals surface area (Å²) in [6.45, 7) is 12.9. The summed E-state index contributed by atoms with van der Waals surface area (Å²) < 4.78 is 0. The second kappa shape index (κ2) is 7.08. The predicted molar refractivity (Wildman–Crippen MR) is 116 cm³/mol. The number of carbonyl (C=O) groups excluding carboxylic acids is 1. The third kappa shape index (κ3) is 3.68. The number of hydrogen-bond acceptors (Lipinski definition) is 3. The summed E-state index contributed by atoms with van der Waals surface area (Å²) in [7, 11) is 0. The molecular weight excluding hydrogens is 348 g/mol. The average molecular weight is 379 g/mol. The molecule has 0 heterocycles. The fourth-order valence-electron chi connectivity index (χ4n) is 4.24. The van der Waals surface area contributed by atoms with Gasteiger partial charge in [-0.2, -0.15) is 0 Å². The largest absolute Gasteiger partial charge is 0.411 e. The predicted octanol–water partition coefficient (Wildman–Crippen LogP) is 5.78. The van der Waals surface area contributed by atoms with E-state index in [9.17, 15) is 4.79 Å². The first-order valence-corrected chi connectivity index (χ1v) is 9.80. The molecule has 0 spiro atoms. The SMILES string of the molecule is CC(=O)Nc1ccc(/C=N/O)cc1-c1cc2c(cc1C)C(C)(C)CCC2(C)C. The van der Waals surface area contributed by atoms with Gasteiger partial charge in [-0.05, 0) is 76.6 Å². The highest BCUT2D eigenvalue weighted by Gasteiger charge is 2.37. The number of hydrogen-bond donors (Lipinski definition) is 2. The van der Waals surface area contributed by atoms with E-state index in [1.165, 1.54) is 36.2 Å². The molecule has 0 atom stereocenters. The lowest BCUT2D eigenvalue weighted by atomic mass is 9.62. The van der Waals surface area contributed by atoms with E-state index in [-0.39, 0.29) is 16.7 Å². The van der Waals surface area contributed by atoms with Crippen LogP contribution in [0.15, 0.2) is 35.5 Å². The van der Waals surface area contributed by atoms with Crippen LogP contribution in [0.3, 0.4) is 0 Å². The van der Waals surface area contributed by atoms with E-state index in [1.807, 2.05) is 18.2 Å². The van der Waals surface area contributed by atoms with Crippen molar-refractivity contribution >= 4 is 17.8 Å². The summed E-state index contributed by atoms with van der Waals surface area (Å²) in [5, 5.41) is 15.0. The van der Waals surface area contributed by atoms with Crippen molar-refractivity contribution in [2.45, 2.75) is 65.2 Å². The maximum Gasteiger partial charge on any atom is 0.221 e. The Labute approximate surface area is 167 Å². The third-order valence-electron chi connectivity index (χ3n) is 6.05. The molecule has 1 aliphatic carbocycles. The standard InChI is InChI=1S/C24H30N2O2/c1-15-11-20-21(24(5,6)10-9-23(20,3)4)13-18(15)19-12-17(14-25-28)7-8-22(19)26-16(2)27/h7-8,11-14,28H,9-10H2,1-6H3,(H,26,27)/b25-14+. The van der Waals surface area contributed by atoms with Crippen LogP contribution in [0.4, 0.5) is 5.69 Å². The van der Waals surface area contributed by atoms with E-state index < -0.39 is 0 Å². The molecule has 2 N–H and O–H groups in total. The molecule has 1 amide bonds. The Morgan fingerprint density at radius 2 is 1.64 bits per heavy atom. The van der Waals surface area contributed by atoms with Crippen LogP contribution in [0.1, 0.15) is 69.7 Å². The third-order valence-corrected chi connectivity index (χ3v) is 6.05. The molecule has 0 fully saturated rings. The van der Waals surface area contributed by atoms with Crippen molar-refractivity contribution in [3.8, 4) is 11.1 Å². The first-order chi connectivity index (χ1) is 13.0. The Kier molecular flexibility index (Phi) is 5.09. The van der Waals surface area contributed by atoms with E-state index in [2.05, 4.69) is 57.2 Å². The summed E-state index contributed by atoms with van der Waals surface area (Å²) in [5.41, 5.74) is 7.80. The normalized spacial score (nSPS) is 17.4. The molecule has 2 aromatic rings. The van der Waals surface area contributed by atoms with Gasteiger partial charge in [-0.3, -0.25) is 4.79 Å². The molecule has 1 aliphatic rings. The number of fused-ring (bicyclic) bond motifs is 1. The molecule has 0 aromatic heterocycles. The van der Waals surface area contributed by atoms with E-state index in [0.29, 0.717) is 0 Å². The molecule has 0 unspecified atom stereocenters. The minimum Gasteiger partial charge on any atom is -0.411 e. The molecule has 0 saturated carbocycles. The lowest BCUT2D eigenvalue weighted by Crippen LogP contribution is -2.34. The monoisotopic (exact) mass is 378 g/mol. The van der Waals surface area contributed by atoms with E-state index >= 15 is 0 Å². The Bertz CT molecular complexity index is 955. The summed E-state index contributed by atoms with van der Waals surface area (Å²) in [6.07, 6.45) is 3.72. The van der Waals surface area contributed by atoms with Gasteiger partial charge in [0, 0.05) is 18.2 Å². The highest BCUT2D eigenvalue weighted by molar-refractivity contribution is 5.96. The van der Waals surface area contributed by atoms with Crippen LogP contribution < -0.4 is 5.32 Å². The van der Waals surface area contributed by atoms with Gasteiger partial charge in [-0.25, -0.2) is 0 Å². The van der Waals surface area contributed by atoms with E-state index in [1.54, 1.807) is 0 Å². The van der Waals surface area contributed by atoms with Crippen molar-refractivity contribution in [1.82, 2.24) is 0 Å². The summed E-state index contributed by atoms with van der Waals surface area (Å²) in [6, 6.07) is 10.3. The van der Waals surface area contributed by atoms with Crippen molar-refractivity contribution < 1.29 is 10.0 Å². The number of aryl methyl sites for hydroxylation is 1. The molecule has 2 aromatic carbocycles. The average Bonchev–Trinajstić information content (AvgIpc) is 2.60. The quantitative estimate of drug-likeness (QED) is 0.404. The molecule has 0 aliphatic heterocycles. The summed E-state index contributed by atoms with van der Waals surface area (Å²) in [5.74, 6) is -0.109. The number of rotatable bonds is 3. The number of carbonyl (C=O) groups is 1. The Morgan fingerprint density at radius 3 is 2.21 bits per heavy atom. The molecule has 4 heteroatoms. The Balaban J connectivity index is 2.27. The highest BCUT2D eigenvalue weighted by Crippen LogP contribution is 2.48. The summed E-state index contributed by atoms with van der Waals surface area (Å²) in [4.78, 5) is 11.7. The van der Waals surface area contributed by atoms with Gasteiger partial charge in [-0.15, -0.1) is 0 Å². The molecule has 4 nitrogen and oxygen atoms in total. The number of benzene rings is 2. The van der Waals surface area contributed by atoms with E-state index in [4.69, 9.17) is 5.21 Å². The number of oxime groups is 1. The first kappa shape index (κ1) is 20.1. The van der Waals surface area contributed by atoms with Crippen LogP contribution in [0.2, 0.25) is 0 Å². The molecule has 3 rings (SSSR count). The Morgan fingerprint density at radius 1 is 1.04 bits per heavy atom. The zero-order valence-electron chi connectivity index (χ0n) is 17.7. The van der Waals surface area contributed by atoms with Crippen molar-refractivity contribution in [1.29, 1.82) is 0 Å². The van der Waals surface area contributed by atoms with Crippen molar-refractivity contribution in [3.63, 3.8) is 0 Å². The maximum atomic E-state index is 11.7. The molecular formula is C24H30N2O2. The first-order valence-electron chi connectivity index (χ1n) is 9.80. The zero-order chi connectivity index (χ0) is 20.7. The van der Waals surface area contributed by atoms with Gasteiger partial charge in [0.2, 0.25) is 5.91 Å². The molecule has 28 heavy (non-hydrogen) atoms. The van der Waals surface area contributed by atoms with Crippen LogP contribution in [0, 0.1) is 6.92 Å². The van der Waals surface area contributed by atoms with Crippen LogP contribution in [0.5, 0.6) is 0 Å². The minimum absolute atomic E-state index is 0.103. The number of amides is 1. The Hall–Kier alpha value is -2.62. The van der Waals surface area contributed by atoms with Crippen LogP contribution >= 0.6 is 0 Å². The lowest BCUT2D eigenvalue weighted by Gasteiger charge is -2.42. The zero-order valence-corrected chi connectivity index (χ0v) is 17.7. The smallest absolute Gasteiger partial charge is 0.221 e. The number of anilines is 1. The molecule has 0 saturated heterocycles. The maximum absolute atomic E-state index is 11.7. The van der Waals surface area contributed by atoms with Gasteiger partial charge in [0.1, 0.15) is 0 Å². The fraction of sp³-hybridized carbons (Fsp3) is 0.417. The highest BCUT2D eigenvalue weighted by atomic mass is 16.4. The summed E-state index contributed by atoms with van der Waals surface area (Å²) >= 11 is 0. The topological polar surface area (TPSA) is 61.7 Å². The van der Waals surface area contributed by atoms with Gasteiger partial charge >= 0.3 is 0 Å². The van der Waals surface area contributed by atoms with Crippen LogP contribution in [-0.4, -0.2) is 17.3 Å². The molecule has 0 bridgehead atoms. The van der Waals surface area contributed by atoms with Crippen molar-refractivity contribution in [3.05, 3.63) is 52.6 Å². The van der Waals surface area contributed by atoms with Gasteiger partial charge < -0.3 is 10.5 Å². The molecule has 0 radical (unpaired) electrons. The number of nitrogens with one attached hydrogen (secondary N) is 1. The van der Waals surface area contributed by atoms with Gasteiger partial charge in [0.25, 0.3) is 0 Å². The van der Waals surface area contributed by atoms with Gasteiger partial charge in [-0.1, -0.05) is 45.0 Å². The van der Waals surface area contributed by atoms with E-state index in [0.717, 1.165) is 28.8 Å². The fourth-order valence-corrected chi connectivity index (χ4v) is 4.24. The van der Waals surface area contributed by atoms with Crippen molar-refractivity contribution in [2.75, 3.05) is 5.32 Å². The van der Waals surface area contributed by atoms with Crippen molar-refractivity contribution in [2.24, 2.45) is 5.16 Å². The molecule has 148 valence electrons. The lowest BCUT2D eigenvalue weighted by molar-refractivity contribution is -0.114. The minimum atomic E-state index is -0.109. The number of nitrogens with zero attached hydrogens (tertiary/aromatic N) is 1. The van der Waals surface area contributed by atoms with Crippen LogP contribution in [-0.2, 0) is 15.6 Å². The second-order valence-electron chi connectivity index (χ2n) is 9.21.